The van der Waals surface area contributed by atoms with Crippen molar-refractivity contribution in [3.05, 3.63) is 28.4 Å². The minimum atomic E-state index is -0.515. The van der Waals surface area contributed by atoms with Gasteiger partial charge in [0, 0.05) is 13.2 Å². The summed E-state index contributed by atoms with van der Waals surface area (Å²) >= 11 is 0. The molecule has 1 rings (SSSR count). The lowest BCUT2D eigenvalue weighted by atomic mass is 10.1. The lowest BCUT2D eigenvalue weighted by molar-refractivity contribution is -0.388. The molecule has 6 heteroatoms. The van der Waals surface area contributed by atoms with E-state index in [-0.39, 0.29) is 18.3 Å². The number of nitrogens with one attached hydrogen (secondary N) is 1. The number of hydrogen-bond acceptors (Lipinski definition) is 5. The van der Waals surface area contributed by atoms with Crippen LogP contribution in [0.25, 0.3) is 0 Å². The van der Waals surface area contributed by atoms with Crippen LogP contribution in [-0.4, -0.2) is 28.2 Å². The van der Waals surface area contributed by atoms with Gasteiger partial charge in [0.1, 0.15) is 11.9 Å². The fourth-order valence-electron chi connectivity index (χ4n) is 1.29. The normalized spacial score (nSPS) is 12.1. The highest BCUT2D eigenvalue weighted by molar-refractivity contribution is 5.56. The molecule has 0 bridgehead atoms. The monoisotopic (exact) mass is 225 g/mol. The second kappa shape index (κ2) is 6.02. The third-order valence-corrected chi connectivity index (χ3v) is 2.22. The maximum Gasteiger partial charge on any atom is 0.386 e. The maximum atomic E-state index is 10.7. The Bertz CT molecular complexity index is 357. The van der Waals surface area contributed by atoms with Crippen molar-refractivity contribution in [2.45, 2.75) is 13.3 Å². The maximum absolute atomic E-state index is 10.7. The molecule has 1 aromatic rings. The van der Waals surface area contributed by atoms with E-state index in [1.165, 1.54) is 6.20 Å². The summed E-state index contributed by atoms with van der Waals surface area (Å²) in [5.74, 6) is 0.0866. The van der Waals surface area contributed by atoms with Crippen LogP contribution in [0.15, 0.2) is 18.3 Å². The summed E-state index contributed by atoms with van der Waals surface area (Å²) in [6.07, 6.45) is 2.06. The first-order valence-electron chi connectivity index (χ1n) is 5.09. The highest BCUT2D eigenvalue weighted by Gasteiger charge is 2.14. The lowest BCUT2D eigenvalue weighted by Gasteiger charge is -2.11. The van der Waals surface area contributed by atoms with Crippen LogP contribution < -0.4 is 5.32 Å². The molecular weight excluding hydrogens is 210 g/mol. The van der Waals surface area contributed by atoms with Gasteiger partial charge in [-0.3, -0.25) is 0 Å². The van der Waals surface area contributed by atoms with E-state index in [2.05, 4.69) is 10.3 Å². The van der Waals surface area contributed by atoms with Crippen LogP contribution in [0.5, 0.6) is 0 Å². The molecule has 88 valence electrons. The first-order chi connectivity index (χ1) is 7.65. The average Bonchev–Trinajstić information content (AvgIpc) is 2.27. The number of nitrogens with zero attached hydrogens (tertiary/aromatic N) is 2. The van der Waals surface area contributed by atoms with E-state index in [0.717, 1.165) is 0 Å². The summed E-state index contributed by atoms with van der Waals surface area (Å²) < 4.78 is 0. The Morgan fingerprint density at radius 2 is 2.44 bits per heavy atom. The molecule has 1 atom stereocenters. The first-order valence-corrected chi connectivity index (χ1v) is 5.09. The van der Waals surface area contributed by atoms with Crippen LogP contribution in [0.3, 0.4) is 0 Å². The average molecular weight is 225 g/mol. The minimum Gasteiger partial charge on any atom is -0.396 e. The van der Waals surface area contributed by atoms with E-state index in [1.54, 1.807) is 12.1 Å². The highest BCUT2D eigenvalue weighted by atomic mass is 16.6. The van der Waals surface area contributed by atoms with Gasteiger partial charge in [-0.05, 0) is 34.4 Å². The molecule has 0 spiro atoms. The van der Waals surface area contributed by atoms with Gasteiger partial charge in [0.25, 0.3) is 0 Å². The fraction of sp³-hybridized carbons (Fsp3) is 0.500. The number of anilines is 1. The van der Waals surface area contributed by atoms with Crippen molar-refractivity contribution in [1.29, 1.82) is 0 Å². The molecule has 1 aromatic heterocycles. The molecule has 0 fully saturated rings. The van der Waals surface area contributed by atoms with Crippen molar-refractivity contribution >= 4 is 11.5 Å². The molecule has 0 saturated heterocycles. The first kappa shape index (κ1) is 12.4. The lowest BCUT2D eigenvalue weighted by Crippen LogP contribution is -2.13. The van der Waals surface area contributed by atoms with Gasteiger partial charge in [0.05, 0.1) is 0 Å². The van der Waals surface area contributed by atoms with Gasteiger partial charge in [-0.2, -0.15) is 0 Å². The van der Waals surface area contributed by atoms with E-state index < -0.39 is 4.92 Å². The molecule has 0 amide bonds. The standard InChI is InChI=1S/C10H15N3O3/c1-8(4-6-14)7-12-9-3-2-5-11-10(9)13(15)16/h2-3,5,8,12,14H,4,6-7H2,1H3. The second-order valence-corrected chi connectivity index (χ2v) is 3.63. The van der Waals surface area contributed by atoms with Crippen LogP contribution in [-0.2, 0) is 0 Å². The number of rotatable bonds is 6. The van der Waals surface area contributed by atoms with Crippen molar-refractivity contribution < 1.29 is 10.0 Å². The third-order valence-electron chi connectivity index (χ3n) is 2.22. The smallest absolute Gasteiger partial charge is 0.386 e. The number of nitro groups is 1. The van der Waals surface area contributed by atoms with E-state index >= 15 is 0 Å². The van der Waals surface area contributed by atoms with Crippen LogP contribution >= 0.6 is 0 Å². The molecular formula is C10H15N3O3. The molecule has 6 nitrogen and oxygen atoms in total. The number of aromatic nitrogens is 1. The molecule has 16 heavy (non-hydrogen) atoms. The summed E-state index contributed by atoms with van der Waals surface area (Å²) in [5, 5.41) is 22.3. The van der Waals surface area contributed by atoms with Gasteiger partial charge in [-0.15, -0.1) is 0 Å². The summed E-state index contributed by atoms with van der Waals surface area (Å²) in [6, 6.07) is 3.27. The molecule has 0 aromatic carbocycles. The van der Waals surface area contributed by atoms with Crippen molar-refractivity contribution in [3.8, 4) is 0 Å². The Morgan fingerprint density at radius 3 is 3.06 bits per heavy atom. The molecule has 0 radical (unpaired) electrons. The predicted molar refractivity (Wildman–Crippen MR) is 60.2 cm³/mol. The second-order valence-electron chi connectivity index (χ2n) is 3.63. The fourth-order valence-corrected chi connectivity index (χ4v) is 1.29. The van der Waals surface area contributed by atoms with Crippen LogP contribution in [0.4, 0.5) is 11.5 Å². The van der Waals surface area contributed by atoms with E-state index in [1.807, 2.05) is 6.92 Å². The van der Waals surface area contributed by atoms with E-state index in [4.69, 9.17) is 5.11 Å². The van der Waals surface area contributed by atoms with Gasteiger partial charge >= 0.3 is 5.82 Å². The summed E-state index contributed by atoms with van der Waals surface area (Å²) in [4.78, 5) is 13.8. The zero-order valence-corrected chi connectivity index (χ0v) is 9.09. The van der Waals surface area contributed by atoms with Gasteiger partial charge in [0.2, 0.25) is 0 Å². The van der Waals surface area contributed by atoms with Crippen LogP contribution in [0.1, 0.15) is 13.3 Å². The van der Waals surface area contributed by atoms with Crippen molar-refractivity contribution in [1.82, 2.24) is 4.98 Å². The van der Waals surface area contributed by atoms with Crippen molar-refractivity contribution in [3.63, 3.8) is 0 Å². The molecule has 0 aliphatic carbocycles. The highest BCUT2D eigenvalue weighted by Crippen LogP contribution is 2.20. The molecule has 1 unspecified atom stereocenters. The SMILES string of the molecule is CC(CCO)CNc1cccnc1[N+](=O)[O-]. The zero-order valence-electron chi connectivity index (χ0n) is 9.09. The Hall–Kier alpha value is -1.69. The number of aliphatic hydroxyl groups is 1. The Morgan fingerprint density at radius 1 is 1.69 bits per heavy atom. The topological polar surface area (TPSA) is 88.3 Å². The van der Waals surface area contributed by atoms with Gasteiger partial charge in [-0.1, -0.05) is 6.92 Å². The molecule has 1 heterocycles. The van der Waals surface area contributed by atoms with Crippen LogP contribution in [0, 0.1) is 16.0 Å². The third kappa shape index (κ3) is 3.47. The zero-order chi connectivity index (χ0) is 12.0. The minimum absolute atomic E-state index is 0.123. The molecule has 2 N–H and O–H groups in total. The predicted octanol–water partition coefficient (Wildman–Crippen LogP) is 1.42. The van der Waals surface area contributed by atoms with Crippen LogP contribution in [0.2, 0.25) is 0 Å². The van der Waals surface area contributed by atoms with Crippen molar-refractivity contribution in [2.24, 2.45) is 5.92 Å². The molecule has 0 saturated carbocycles. The Kier molecular flexibility index (Phi) is 4.65. The van der Waals surface area contributed by atoms with Crippen molar-refractivity contribution in [2.75, 3.05) is 18.5 Å². The Labute approximate surface area is 93.5 Å². The number of pyridine rings is 1. The summed E-state index contributed by atoms with van der Waals surface area (Å²) in [7, 11) is 0. The van der Waals surface area contributed by atoms with Gasteiger partial charge in [0.15, 0.2) is 0 Å². The quantitative estimate of drug-likeness (QED) is 0.564. The Balaban J connectivity index is 2.63. The van der Waals surface area contributed by atoms with Gasteiger partial charge < -0.3 is 20.5 Å². The number of hydrogen-bond donors (Lipinski definition) is 2. The molecule has 0 aliphatic heterocycles. The number of aliphatic hydroxyl groups excluding tert-OH is 1. The summed E-state index contributed by atoms with van der Waals surface area (Å²) in [5.41, 5.74) is 0.414. The van der Waals surface area contributed by atoms with Gasteiger partial charge in [-0.25, -0.2) is 0 Å². The summed E-state index contributed by atoms with van der Waals surface area (Å²) in [6.45, 7) is 2.66. The molecule has 0 aliphatic rings. The largest absolute Gasteiger partial charge is 0.396 e. The van der Waals surface area contributed by atoms with E-state index in [9.17, 15) is 10.1 Å². The van der Waals surface area contributed by atoms with E-state index in [0.29, 0.717) is 18.7 Å².